The van der Waals surface area contributed by atoms with E-state index in [4.69, 9.17) is 0 Å². The minimum Gasteiger partial charge on any atom is -0.0891 e. The molecule has 3 unspecified atom stereocenters. The lowest BCUT2D eigenvalue weighted by Crippen LogP contribution is -2.25. The molecule has 2 aliphatic rings. The van der Waals surface area contributed by atoms with Crippen LogP contribution >= 0.6 is 15.9 Å². The lowest BCUT2D eigenvalue weighted by molar-refractivity contribution is 0.310. The third-order valence-corrected chi connectivity index (χ3v) is 6.16. The summed E-state index contributed by atoms with van der Waals surface area (Å²) in [5.41, 5.74) is 6.05. The zero-order valence-corrected chi connectivity index (χ0v) is 13.9. The van der Waals surface area contributed by atoms with Crippen molar-refractivity contribution in [1.29, 1.82) is 0 Å². The molecule has 21 heavy (non-hydrogen) atoms. The van der Waals surface area contributed by atoms with Crippen LogP contribution in [0.1, 0.15) is 42.7 Å². The van der Waals surface area contributed by atoms with Gasteiger partial charge in [0, 0.05) is 4.83 Å². The summed E-state index contributed by atoms with van der Waals surface area (Å²) in [5.74, 6) is 1.54. The van der Waals surface area contributed by atoms with Gasteiger partial charge in [0.15, 0.2) is 0 Å². The number of hydrogen-bond donors (Lipinski definition) is 0. The molecule has 0 N–H and O–H groups in total. The summed E-state index contributed by atoms with van der Waals surface area (Å²) in [5, 5.41) is 0. The van der Waals surface area contributed by atoms with Gasteiger partial charge in [-0.25, -0.2) is 0 Å². The first-order chi connectivity index (χ1) is 10.3. The molecule has 0 radical (unpaired) electrons. The standard InChI is InChI=1S/C20H21Br/c21-16-8-5-7-14(12-16)20-13-15-6-1-2-9-17(15)18-10-3-4-11-19(18)20/h1-4,6,9-11,14,16,20H,5,7-8,12-13H2. The molecule has 0 spiro atoms. The maximum absolute atomic E-state index is 3.87. The number of rotatable bonds is 1. The first-order valence-corrected chi connectivity index (χ1v) is 9.06. The predicted molar refractivity (Wildman–Crippen MR) is 93.0 cm³/mol. The first kappa shape index (κ1) is 13.6. The quantitative estimate of drug-likeness (QED) is 0.563. The molecule has 0 heterocycles. The third kappa shape index (κ3) is 2.46. The van der Waals surface area contributed by atoms with Gasteiger partial charge in [-0.3, -0.25) is 0 Å². The molecular formula is C20H21Br. The van der Waals surface area contributed by atoms with Crippen molar-refractivity contribution in [3.05, 3.63) is 59.7 Å². The molecule has 0 nitrogen and oxygen atoms in total. The van der Waals surface area contributed by atoms with E-state index in [2.05, 4.69) is 64.5 Å². The number of alkyl halides is 1. The van der Waals surface area contributed by atoms with Crippen molar-refractivity contribution in [3.63, 3.8) is 0 Å². The van der Waals surface area contributed by atoms with Crippen LogP contribution in [0.4, 0.5) is 0 Å². The normalized spacial score (nSPS) is 27.8. The Morgan fingerprint density at radius 2 is 1.62 bits per heavy atom. The molecule has 2 aromatic rings. The first-order valence-electron chi connectivity index (χ1n) is 8.14. The summed E-state index contributed by atoms with van der Waals surface area (Å²) in [4.78, 5) is 0.723. The molecule has 2 aromatic carbocycles. The Morgan fingerprint density at radius 3 is 2.48 bits per heavy atom. The van der Waals surface area contributed by atoms with Gasteiger partial charge in [0.2, 0.25) is 0 Å². The van der Waals surface area contributed by atoms with Crippen LogP contribution in [0, 0.1) is 5.92 Å². The van der Waals surface area contributed by atoms with Crippen molar-refractivity contribution in [2.45, 2.75) is 42.8 Å². The molecule has 1 heteroatoms. The average molecular weight is 341 g/mol. The zero-order valence-electron chi connectivity index (χ0n) is 12.3. The summed E-state index contributed by atoms with van der Waals surface area (Å²) >= 11 is 3.87. The largest absolute Gasteiger partial charge is 0.0891 e. The van der Waals surface area contributed by atoms with Gasteiger partial charge in [0.05, 0.1) is 0 Å². The lowest BCUT2D eigenvalue weighted by Gasteiger charge is -2.37. The van der Waals surface area contributed by atoms with Crippen molar-refractivity contribution in [3.8, 4) is 11.1 Å². The highest BCUT2D eigenvalue weighted by molar-refractivity contribution is 9.09. The molecule has 1 saturated carbocycles. The molecule has 2 aliphatic carbocycles. The molecule has 0 aromatic heterocycles. The Balaban J connectivity index is 1.77. The van der Waals surface area contributed by atoms with Crippen LogP contribution < -0.4 is 0 Å². The van der Waals surface area contributed by atoms with E-state index in [1.807, 2.05) is 0 Å². The summed E-state index contributed by atoms with van der Waals surface area (Å²) in [6, 6.07) is 18.1. The number of halogens is 1. The highest BCUT2D eigenvalue weighted by atomic mass is 79.9. The van der Waals surface area contributed by atoms with Crippen LogP contribution in [0.15, 0.2) is 48.5 Å². The molecule has 4 rings (SSSR count). The molecule has 0 amide bonds. The molecule has 0 aliphatic heterocycles. The maximum Gasteiger partial charge on any atom is 0.0148 e. The fourth-order valence-corrected chi connectivity index (χ4v) is 5.13. The number of hydrogen-bond acceptors (Lipinski definition) is 0. The van der Waals surface area contributed by atoms with Crippen molar-refractivity contribution in [1.82, 2.24) is 0 Å². The summed E-state index contributed by atoms with van der Waals surface area (Å²) in [7, 11) is 0. The molecule has 3 atom stereocenters. The van der Waals surface area contributed by atoms with Crippen LogP contribution in [0.5, 0.6) is 0 Å². The Morgan fingerprint density at radius 1 is 0.857 bits per heavy atom. The second-order valence-electron chi connectivity index (χ2n) is 6.58. The smallest absolute Gasteiger partial charge is 0.0148 e. The van der Waals surface area contributed by atoms with Crippen molar-refractivity contribution >= 4 is 15.9 Å². The van der Waals surface area contributed by atoms with Crippen molar-refractivity contribution in [2.24, 2.45) is 5.92 Å². The van der Waals surface area contributed by atoms with E-state index >= 15 is 0 Å². The average Bonchev–Trinajstić information content (AvgIpc) is 2.54. The van der Waals surface area contributed by atoms with E-state index in [9.17, 15) is 0 Å². The van der Waals surface area contributed by atoms with Gasteiger partial charge in [0.25, 0.3) is 0 Å². The maximum atomic E-state index is 3.87. The van der Waals surface area contributed by atoms with E-state index in [1.165, 1.54) is 48.8 Å². The topological polar surface area (TPSA) is 0 Å². The van der Waals surface area contributed by atoms with Gasteiger partial charge >= 0.3 is 0 Å². The Labute approximate surface area is 135 Å². The zero-order chi connectivity index (χ0) is 14.2. The summed E-state index contributed by atoms with van der Waals surface area (Å²) in [6.07, 6.45) is 6.67. The van der Waals surface area contributed by atoms with E-state index < -0.39 is 0 Å². The van der Waals surface area contributed by atoms with E-state index in [0.29, 0.717) is 5.92 Å². The fourth-order valence-electron chi connectivity index (χ4n) is 4.33. The minimum absolute atomic E-state index is 0.705. The monoisotopic (exact) mass is 340 g/mol. The Kier molecular flexibility index (Phi) is 3.62. The second kappa shape index (κ2) is 5.61. The van der Waals surface area contributed by atoms with Gasteiger partial charge in [-0.1, -0.05) is 70.9 Å². The van der Waals surface area contributed by atoms with Gasteiger partial charge in [0.1, 0.15) is 0 Å². The van der Waals surface area contributed by atoms with Crippen molar-refractivity contribution in [2.75, 3.05) is 0 Å². The van der Waals surface area contributed by atoms with Gasteiger partial charge < -0.3 is 0 Å². The van der Waals surface area contributed by atoms with Crippen LogP contribution in [0.25, 0.3) is 11.1 Å². The third-order valence-electron chi connectivity index (χ3n) is 5.33. The second-order valence-corrected chi connectivity index (χ2v) is 7.87. The predicted octanol–water partition coefficient (Wildman–Crippen LogP) is 5.95. The van der Waals surface area contributed by atoms with Crippen molar-refractivity contribution < 1.29 is 0 Å². The lowest BCUT2D eigenvalue weighted by atomic mass is 9.69. The number of fused-ring (bicyclic) bond motifs is 3. The van der Waals surface area contributed by atoms with E-state index in [1.54, 1.807) is 5.56 Å². The highest BCUT2D eigenvalue weighted by Crippen LogP contribution is 2.47. The number of benzene rings is 2. The molecule has 108 valence electrons. The van der Waals surface area contributed by atoms with E-state index in [-0.39, 0.29) is 0 Å². The highest BCUT2D eigenvalue weighted by Gasteiger charge is 2.32. The summed E-state index contributed by atoms with van der Waals surface area (Å²) < 4.78 is 0. The SMILES string of the molecule is BrC1CCCC(C2Cc3ccccc3-c3ccccc32)C1. The van der Waals surface area contributed by atoms with Gasteiger partial charge in [-0.05, 0) is 59.8 Å². The van der Waals surface area contributed by atoms with Crippen LogP contribution in [0.2, 0.25) is 0 Å². The van der Waals surface area contributed by atoms with Crippen LogP contribution in [0.3, 0.4) is 0 Å². The molecule has 0 saturated heterocycles. The van der Waals surface area contributed by atoms with E-state index in [0.717, 1.165) is 10.7 Å². The van der Waals surface area contributed by atoms with Gasteiger partial charge in [-0.15, -0.1) is 0 Å². The van der Waals surface area contributed by atoms with Crippen LogP contribution in [-0.2, 0) is 6.42 Å². The molecule has 0 bridgehead atoms. The van der Waals surface area contributed by atoms with Crippen LogP contribution in [-0.4, -0.2) is 4.83 Å². The molecular weight excluding hydrogens is 320 g/mol. The minimum atomic E-state index is 0.705. The fraction of sp³-hybridized carbons (Fsp3) is 0.400. The Hall–Kier alpha value is -1.08. The summed E-state index contributed by atoms with van der Waals surface area (Å²) in [6.45, 7) is 0. The molecule has 1 fully saturated rings. The Bertz CT molecular complexity index is 646. The van der Waals surface area contributed by atoms with Gasteiger partial charge in [-0.2, -0.15) is 0 Å².